The molecule has 0 unspecified atom stereocenters. The Kier molecular flexibility index (Phi) is 8.35. The number of aliphatic hydroxyl groups is 2. The first-order valence-electron chi connectivity index (χ1n) is 8.97. The molecule has 1 saturated heterocycles. The van der Waals surface area contributed by atoms with Crippen LogP contribution in [-0.4, -0.2) is 84.7 Å². The summed E-state index contributed by atoms with van der Waals surface area (Å²) in [4.78, 5) is 59.9. The van der Waals surface area contributed by atoms with E-state index in [2.05, 4.69) is 10.6 Å². The monoisotopic (exact) mass is 461 g/mol. The van der Waals surface area contributed by atoms with Gasteiger partial charge in [-0.05, 0) is 0 Å². The standard InChI is InChI=1S/C16H23N5O9S/c1-6(22)18-5-31-4-7(17)13(26)20-9(15(27)28)12-10(24)11(25)14(30-12)21-3-2-8(23)19-16(21)29/h2-3,7,9-12,14,24-25H,4-5,17H2,1H3,(H,18,22)(H,20,26)(H,27,28)(H,19,23,29)/t7-,9-,10-,11+,12+,14+/m0/s1. The van der Waals surface area contributed by atoms with Gasteiger partial charge in [-0.25, -0.2) is 9.59 Å². The van der Waals surface area contributed by atoms with E-state index >= 15 is 0 Å². The quantitative estimate of drug-likeness (QED) is 0.138. The number of aliphatic hydroxyl groups excluding tert-OH is 2. The van der Waals surface area contributed by atoms with Crippen molar-refractivity contribution in [2.75, 3.05) is 11.6 Å². The number of aliphatic carboxylic acids is 1. The molecule has 1 aliphatic heterocycles. The summed E-state index contributed by atoms with van der Waals surface area (Å²) in [7, 11) is 0. The molecule has 2 rings (SSSR count). The van der Waals surface area contributed by atoms with E-state index in [0.29, 0.717) is 0 Å². The van der Waals surface area contributed by atoms with Crippen LogP contribution in [0.2, 0.25) is 0 Å². The van der Waals surface area contributed by atoms with Gasteiger partial charge in [0.25, 0.3) is 5.56 Å². The Balaban J connectivity index is 2.09. The number of carbonyl (C=O) groups excluding carboxylic acids is 2. The highest BCUT2D eigenvalue weighted by Gasteiger charge is 2.50. The SMILES string of the molecule is CC(=O)NCSC[C@H](N)C(=O)N[C@H](C(=O)O)[C@H]1O[C@@H](n2ccc(=O)[nH]c2=O)[C@H](O)[C@@H]1O. The number of carboxylic acids is 1. The van der Waals surface area contributed by atoms with Crippen molar-refractivity contribution in [2.24, 2.45) is 5.73 Å². The van der Waals surface area contributed by atoms with E-state index < -0.39 is 59.7 Å². The van der Waals surface area contributed by atoms with E-state index in [4.69, 9.17) is 10.5 Å². The second kappa shape index (κ2) is 10.5. The zero-order valence-electron chi connectivity index (χ0n) is 16.3. The second-order valence-electron chi connectivity index (χ2n) is 6.67. The van der Waals surface area contributed by atoms with Crippen LogP contribution in [0.3, 0.4) is 0 Å². The van der Waals surface area contributed by atoms with Gasteiger partial charge < -0.3 is 36.4 Å². The molecule has 2 heterocycles. The summed E-state index contributed by atoms with van der Waals surface area (Å²) in [5.41, 5.74) is 4.08. The number of ether oxygens (including phenoxy) is 1. The molecule has 0 saturated carbocycles. The number of thioether (sulfide) groups is 1. The normalized spacial score (nSPS) is 24.9. The van der Waals surface area contributed by atoms with Crippen LogP contribution in [0.25, 0.3) is 0 Å². The zero-order valence-corrected chi connectivity index (χ0v) is 17.1. The molecule has 1 aromatic rings. The minimum absolute atomic E-state index is 0.0601. The molecule has 6 atom stereocenters. The van der Waals surface area contributed by atoms with E-state index in [1.54, 1.807) is 0 Å². The molecule has 1 aromatic heterocycles. The Bertz CT molecular complexity index is 935. The van der Waals surface area contributed by atoms with Crippen LogP contribution in [0.4, 0.5) is 0 Å². The number of hydrogen-bond acceptors (Lipinski definition) is 10. The number of rotatable bonds is 9. The molecule has 0 aromatic carbocycles. The Labute approximate surface area is 178 Å². The lowest BCUT2D eigenvalue weighted by atomic mass is 10.0. The van der Waals surface area contributed by atoms with Crippen LogP contribution in [0.1, 0.15) is 13.2 Å². The first kappa shape index (κ1) is 24.5. The predicted molar refractivity (Wildman–Crippen MR) is 106 cm³/mol. The van der Waals surface area contributed by atoms with Gasteiger partial charge >= 0.3 is 11.7 Å². The van der Waals surface area contributed by atoms with Gasteiger partial charge in [-0.2, -0.15) is 0 Å². The van der Waals surface area contributed by atoms with Crippen molar-refractivity contribution in [3.8, 4) is 0 Å². The van der Waals surface area contributed by atoms with Gasteiger partial charge in [0.1, 0.15) is 18.3 Å². The molecule has 0 bridgehead atoms. The highest BCUT2D eigenvalue weighted by atomic mass is 32.2. The molecule has 14 nitrogen and oxygen atoms in total. The van der Waals surface area contributed by atoms with E-state index in [9.17, 15) is 39.3 Å². The molecule has 0 spiro atoms. The lowest BCUT2D eigenvalue weighted by molar-refractivity contribution is -0.149. The molecule has 31 heavy (non-hydrogen) atoms. The molecule has 0 aliphatic carbocycles. The smallest absolute Gasteiger partial charge is 0.330 e. The number of aromatic amines is 1. The van der Waals surface area contributed by atoms with Crippen LogP contribution in [0.5, 0.6) is 0 Å². The Morgan fingerprint density at radius 3 is 2.58 bits per heavy atom. The summed E-state index contributed by atoms with van der Waals surface area (Å²) < 4.78 is 6.15. The number of nitrogens with two attached hydrogens (primary N) is 1. The van der Waals surface area contributed by atoms with Crippen LogP contribution in [-0.2, 0) is 19.1 Å². The number of aromatic nitrogens is 2. The van der Waals surface area contributed by atoms with Gasteiger partial charge in [-0.15, -0.1) is 11.8 Å². The van der Waals surface area contributed by atoms with E-state index in [1.807, 2.05) is 4.98 Å². The number of carbonyl (C=O) groups is 3. The summed E-state index contributed by atoms with van der Waals surface area (Å²) in [5, 5.41) is 34.7. The third-order valence-corrected chi connectivity index (χ3v) is 5.29. The fourth-order valence-corrected chi connectivity index (χ4v) is 3.61. The maximum absolute atomic E-state index is 12.3. The largest absolute Gasteiger partial charge is 0.480 e. The van der Waals surface area contributed by atoms with Gasteiger partial charge in [0.15, 0.2) is 12.3 Å². The molecule has 15 heteroatoms. The van der Waals surface area contributed by atoms with Gasteiger partial charge in [-0.1, -0.05) is 0 Å². The number of H-pyrrole nitrogens is 1. The number of hydrogen-bond donors (Lipinski definition) is 7. The van der Waals surface area contributed by atoms with Crippen molar-refractivity contribution in [3.63, 3.8) is 0 Å². The van der Waals surface area contributed by atoms with Gasteiger partial charge in [0, 0.05) is 24.9 Å². The Morgan fingerprint density at radius 2 is 2.00 bits per heavy atom. The molecule has 1 fully saturated rings. The van der Waals surface area contributed by atoms with E-state index in [1.165, 1.54) is 6.92 Å². The first-order chi connectivity index (χ1) is 14.5. The van der Waals surface area contributed by atoms with E-state index in [-0.39, 0.29) is 17.5 Å². The molecule has 172 valence electrons. The molecular weight excluding hydrogens is 438 g/mol. The number of nitrogens with zero attached hydrogens (tertiary/aromatic N) is 1. The van der Waals surface area contributed by atoms with E-state index in [0.717, 1.165) is 28.6 Å². The topological polar surface area (TPSA) is 226 Å². The summed E-state index contributed by atoms with van der Waals surface area (Å²) >= 11 is 1.13. The summed E-state index contributed by atoms with van der Waals surface area (Å²) in [6, 6.07) is -1.96. The Hall–Kier alpha value is -2.72. The van der Waals surface area contributed by atoms with Crippen molar-refractivity contribution in [2.45, 2.75) is 43.5 Å². The number of carboxylic acid groups (broad SMARTS) is 1. The molecule has 8 N–H and O–H groups in total. The van der Waals surface area contributed by atoms with Gasteiger partial charge in [0.05, 0.1) is 11.9 Å². The molecule has 2 amide bonds. The maximum atomic E-state index is 12.3. The number of amides is 2. The summed E-state index contributed by atoms with van der Waals surface area (Å²) in [6.07, 6.45) is -5.63. The molecular formula is C16H23N5O9S. The summed E-state index contributed by atoms with van der Waals surface area (Å²) in [5.74, 6) is -2.44. The van der Waals surface area contributed by atoms with Crippen LogP contribution < -0.4 is 27.6 Å². The summed E-state index contributed by atoms with van der Waals surface area (Å²) in [6.45, 7) is 1.32. The van der Waals surface area contributed by atoms with Crippen molar-refractivity contribution in [3.05, 3.63) is 33.1 Å². The third-order valence-electron chi connectivity index (χ3n) is 4.35. The lowest BCUT2D eigenvalue weighted by Gasteiger charge is -2.24. The fraction of sp³-hybridized carbons (Fsp3) is 0.562. The predicted octanol–water partition coefficient (Wildman–Crippen LogP) is -4.12. The minimum Gasteiger partial charge on any atom is -0.480 e. The van der Waals surface area contributed by atoms with Crippen molar-refractivity contribution < 1.29 is 34.4 Å². The first-order valence-corrected chi connectivity index (χ1v) is 10.1. The Morgan fingerprint density at radius 1 is 1.32 bits per heavy atom. The second-order valence-corrected chi connectivity index (χ2v) is 7.70. The average molecular weight is 461 g/mol. The van der Waals surface area contributed by atoms with Crippen LogP contribution in [0, 0.1) is 0 Å². The molecule has 1 aliphatic rings. The van der Waals surface area contributed by atoms with Gasteiger partial charge in [0.2, 0.25) is 11.8 Å². The zero-order chi connectivity index (χ0) is 23.3. The van der Waals surface area contributed by atoms with Gasteiger partial charge in [-0.3, -0.25) is 23.9 Å². The minimum atomic E-state index is -1.80. The van der Waals surface area contributed by atoms with Crippen molar-refractivity contribution >= 4 is 29.5 Å². The number of nitrogens with one attached hydrogen (secondary N) is 3. The molecule has 0 radical (unpaired) electrons. The van der Waals surface area contributed by atoms with Crippen LogP contribution in [0.15, 0.2) is 21.9 Å². The van der Waals surface area contributed by atoms with Crippen molar-refractivity contribution in [1.29, 1.82) is 0 Å². The van der Waals surface area contributed by atoms with Crippen molar-refractivity contribution in [1.82, 2.24) is 20.2 Å². The average Bonchev–Trinajstić information content (AvgIpc) is 2.97. The fourth-order valence-electron chi connectivity index (χ4n) is 2.78. The highest BCUT2D eigenvalue weighted by Crippen LogP contribution is 2.30. The maximum Gasteiger partial charge on any atom is 0.330 e. The highest BCUT2D eigenvalue weighted by molar-refractivity contribution is 7.99. The lowest BCUT2D eigenvalue weighted by Crippen LogP contribution is -2.56. The third kappa shape index (κ3) is 6.14. The van der Waals surface area contributed by atoms with Crippen LogP contribution >= 0.6 is 11.8 Å².